The van der Waals surface area contributed by atoms with E-state index in [0.717, 1.165) is 32.4 Å². The summed E-state index contributed by atoms with van der Waals surface area (Å²) >= 11 is 0. The van der Waals surface area contributed by atoms with Gasteiger partial charge in [-0.3, -0.25) is 9.59 Å². The summed E-state index contributed by atoms with van der Waals surface area (Å²) in [6, 6.07) is 0. The van der Waals surface area contributed by atoms with Gasteiger partial charge < -0.3 is 16.4 Å². The minimum Gasteiger partial charge on any atom is -0.370 e. The SMILES string of the molecule is CCCNC(=O)CNCCCCC(N)=O. The molecule has 0 aliphatic heterocycles. The van der Waals surface area contributed by atoms with Gasteiger partial charge in [-0.25, -0.2) is 0 Å². The normalized spacial score (nSPS) is 9.93. The van der Waals surface area contributed by atoms with Crippen molar-refractivity contribution >= 4 is 11.8 Å². The molecule has 0 bridgehead atoms. The largest absolute Gasteiger partial charge is 0.370 e. The summed E-state index contributed by atoms with van der Waals surface area (Å²) in [7, 11) is 0. The van der Waals surface area contributed by atoms with Gasteiger partial charge in [-0.15, -0.1) is 0 Å². The first-order chi connectivity index (χ1) is 7.16. The molecule has 0 fully saturated rings. The van der Waals surface area contributed by atoms with Crippen molar-refractivity contribution in [2.75, 3.05) is 19.6 Å². The van der Waals surface area contributed by atoms with Crippen LogP contribution in [0, 0.1) is 0 Å². The number of carbonyl (C=O) groups is 2. The standard InChI is InChI=1S/C10H21N3O2/c1-2-6-13-10(15)8-12-7-4-3-5-9(11)14/h12H,2-8H2,1H3,(H2,11,14)(H,13,15). The van der Waals surface area contributed by atoms with E-state index in [-0.39, 0.29) is 11.8 Å². The van der Waals surface area contributed by atoms with E-state index in [1.807, 2.05) is 6.92 Å². The van der Waals surface area contributed by atoms with E-state index < -0.39 is 0 Å². The lowest BCUT2D eigenvalue weighted by Crippen LogP contribution is -2.34. The van der Waals surface area contributed by atoms with Gasteiger partial charge in [0, 0.05) is 13.0 Å². The smallest absolute Gasteiger partial charge is 0.233 e. The molecule has 0 atom stereocenters. The summed E-state index contributed by atoms with van der Waals surface area (Å²) in [4.78, 5) is 21.5. The molecule has 0 aromatic carbocycles. The molecule has 0 heterocycles. The maximum absolute atomic E-state index is 11.1. The van der Waals surface area contributed by atoms with Gasteiger partial charge in [0.25, 0.3) is 0 Å². The van der Waals surface area contributed by atoms with Crippen LogP contribution in [0.1, 0.15) is 32.6 Å². The topological polar surface area (TPSA) is 84.2 Å². The summed E-state index contributed by atoms with van der Waals surface area (Å²) < 4.78 is 0. The molecule has 0 aliphatic carbocycles. The zero-order chi connectivity index (χ0) is 11.5. The van der Waals surface area contributed by atoms with E-state index in [2.05, 4.69) is 10.6 Å². The molecule has 0 aromatic heterocycles. The van der Waals surface area contributed by atoms with Gasteiger partial charge in [0.05, 0.1) is 6.54 Å². The van der Waals surface area contributed by atoms with Gasteiger partial charge in [0.1, 0.15) is 0 Å². The summed E-state index contributed by atoms with van der Waals surface area (Å²) in [5.74, 6) is -0.248. The lowest BCUT2D eigenvalue weighted by atomic mass is 10.2. The van der Waals surface area contributed by atoms with Crippen LogP contribution in [0.4, 0.5) is 0 Å². The van der Waals surface area contributed by atoms with Crippen molar-refractivity contribution in [1.82, 2.24) is 10.6 Å². The fourth-order valence-corrected chi connectivity index (χ4v) is 1.08. The van der Waals surface area contributed by atoms with Gasteiger partial charge in [-0.05, 0) is 25.8 Å². The van der Waals surface area contributed by atoms with Crippen molar-refractivity contribution in [3.8, 4) is 0 Å². The first-order valence-corrected chi connectivity index (χ1v) is 5.42. The average molecular weight is 215 g/mol. The van der Waals surface area contributed by atoms with Crippen LogP contribution in [0.25, 0.3) is 0 Å². The maximum Gasteiger partial charge on any atom is 0.233 e. The number of rotatable bonds is 9. The van der Waals surface area contributed by atoms with Crippen LogP contribution in [-0.2, 0) is 9.59 Å². The molecule has 5 nitrogen and oxygen atoms in total. The second-order valence-corrected chi connectivity index (χ2v) is 3.45. The molecule has 0 saturated carbocycles. The highest BCUT2D eigenvalue weighted by molar-refractivity contribution is 5.77. The summed E-state index contributed by atoms with van der Waals surface area (Å²) in [6.07, 6.45) is 3.01. The predicted octanol–water partition coefficient (Wildman–Crippen LogP) is -0.242. The van der Waals surface area contributed by atoms with Crippen LogP contribution in [-0.4, -0.2) is 31.4 Å². The Bertz CT molecular complexity index is 195. The first kappa shape index (κ1) is 13.9. The molecule has 88 valence electrons. The molecule has 2 amide bonds. The second-order valence-electron chi connectivity index (χ2n) is 3.45. The average Bonchev–Trinajstić information content (AvgIpc) is 2.19. The number of hydrogen-bond donors (Lipinski definition) is 3. The molecule has 5 heteroatoms. The number of nitrogens with one attached hydrogen (secondary N) is 2. The highest BCUT2D eigenvalue weighted by Gasteiger charge is 1.98. The van der Waals surface area contributed by atoms with Crippen LogP contribution in [0.2, 0.25) is 0 Å². The lowest BCUT2D eigenvalue weighted by molar-refractivity contribution is -0.120. The Labute approximate surface area is 90.8 Å². The Morgan fingerprint density at radius 1 is 1.20 bits per heavy atom. The predicted molar refractivity (Wildman–Crippen MR) is 59.2 cm³/mol. The summed E-state index contributed by atoms with van der Waals surface area (Å²) in [6.45, 7) is 3.82. The molecule has 15 heavy (non-hydrogen) atoms. The van der Waals surface area contributed by atoms with Gasteiger partial charge in [0.2, 0.25) is 11.8 Å². The summed E-state index contributed by atoms with van der Waals surface area (Å²) in [5, 5.41) is 5.77. The Kier molecular flexibility index (Phi) is 8.76. The molecular weight excluding hydrogens is 194 g/mol. The van der Waals surface area contributed by atoms with Gasteiger partial charge in [0.15, 0.2) is 0 Å². The molecule has 0 spiro atoms. The number of primary amides is 1. The van der Waals surface area contributed by atoms with Gasteiger partial charge in [-0.2, -0.15) is 0 Å². The third kappa shape index (κ3) is 10.8. The molecule has 0 unspecified atom stereocenters. The number of unbranched alkanes of at least 4 members (excludes halogenated alkanes) is 1. The quantitative estimate of drug-likeness (QED) is 0.464. The van der Waals surface area contributed by atoms with E-state index in [1.54, 1.807) is 0 Å². The zero-order valence-electron chi connectivity index (χ0n) is 9.34. The minimum absolute atomic E-state index is 0.0201. The Hall–Kier alpha value is -1.10. The molecule has 0 radical (unpaired) electrons. The Morgan fingerprint density at radius 3 is 2.53 bits per heavy atom. The van der Waals surface area contributed by atoms with Gasteiger partial charge >= 0.3 is 0 Å². The third-order valence-electron chi connectivity index (χ3n) is 1.88. The van der Waals surface area contributed by atoms with E-state index in [4.69, 9.17) is 5.73 Å². The van der Waals surface area contributed by atoms with E-state index >= 15 is 0 Å². The molecular formula is C10H21N3O2. The van der Waals surface area contributed by atoms with Crippen LogP contribution < -0.4 is 16.4 Å². The molecule has 0 rings (SSSR count). The van der Waals surface area contributed by atoms with Crippen LogP contribution in [0.15, 0.2) is 0 Å². The highest BCUT2D eigenvalue weighted by atomic mass is 16.2. The van der Waals surface area contributed by atoms with Crippen molar-refractivity contribution in [3.63, 3.8) is 0 Å². The molecule has 0 saturated heterocycles. The fraction of sp³-hybridized carbons (Fsp3) is 0.800. The van der Waals surface area contributed by atoms with Crippen molar-refractivity contribution in [3.05, 3.63) is 0 Å². The maximum atomic E-state index is 11.1. The molecule has 0 aliphatic rings. The van der Waals surface area contributed by atoms with E-state index in [1.165, 1.54) is 0 Å². The highest BCUT2D eigenvalue weighted by Crippen LogP contribution is 1.91. The van der Waals surface area contributed by atoms with E-state index in [9.17, 15) is 9.59 Å². The first-order valence-electron chi connectivity index (χ1n) is 5.42. The third-order valence-corrected chi connectivity index (χ3v) is 1.88. The van der Waals surface area contributed by atoms with Crippen LogP contribution in [0.3, 0.4) is 0 Å². The number of amides is 2. The monoisotopic (exact) mass is 215 g/mol. The van der Waals surface area contributed by atoms with Crippen molar-refractivity contribution in [2.24, 2.45) is 5.73 Å². The van der Waals surface area contributed by atoms with E-state index in [0.29, 0.717) is 13.0 Å². The van der Waals surface area contributed by atoms with Crippen molar-refractivity contribution in [2.45, 2.75) is 32.6 Å². The van der Waals surface area contributed by atoms with Crippen molar-refractivity contribution < 1.29 is 9.59 Å². The zero-order valence-corrected chi connectivity index (χ0v) is 9.34. The van der Waals surface area contributed by atoms with Crippen molar-refractivity contribution in [1.29, 1.82) is 0 Å². The Balaban J connectivity index is 3.16. The number of hydrogen-bond acceptors (Lipinski definition) is 3. The van der Waals surface area contributed by atoms with Gasteiger partial charge in [-0.1, -0.05) is 6.92 Å². The Morgan fingerprint density at radius 2 is 1.93 bits per heavy atom. The lowest BCUT2D eigenvalue weighted by Gasteiger charge is -2.04. The van der Waals surface area contributed by atoms with Crippen LogP contribution in [0.5, 0.6) is 0 Å². The molecule has 4 N–H and O–H groups in total. The van der Waals surface area contributed by atoms with Crippen LogP contribution >= 0.6 is 0 Å². The fourth-order valence-electron chi connectivity index (χ4n) is 1.08. The molecule has 0 aromatic rings. The summed E-state index contributed by atoms with van der Waals surface area (Å²) in [5.41, 5.74) is 4.99. The second kappa shape index (κ2) is 9.45. The number of carbonyl (C=O) groups excluding carboxylic acids is 2. The minimum atomic E-state index is -0.268. The number of nitrogens with two attached hydrogens (primary N) is 1.